The molecule has 1 heterocycles. The van der Waals surface area contributed by atoms with Crippen LogP contribution in [0.25, 0.3) is 0 Å². The second kappa shape index (κ2) is 11.8. The van der Waals surface area contributed by atoms with Gasteiger partial charge in [-0.1, -0.05) is 23.7 Å². The van der Waals surface area contributed by atoms with E-state index in [-0.39, 0.29) is 27.7 Å². The van der Waals surface area contributed by atoms with Crippen LogP contribution >= 0.6 is 11.6 Å². The summed E-state index contributed by atoms with van der Waals surface area (Å²) in [7, 11) is 3.92. The molecule has 2 amide bonds. The maximum absolute atomic E-state index is 12.6. The van der Waals surface area contributed by atoms with E-state index in [2.05, 4.69) is 20.4 Å². The predicted octanol–water partition coefficient (Wildman–Crippen LogP) is 2.09. The van der Waals surface area contributed by atoms with Crippen LogP contribution in [0.5, 0.6) is 0 Å². The molecule has 1 fully saturated rings. The topological polar surface area (TPSA) is 105 Å². The lowest BCUT2D eigenvalue weighted by atomic mass is 10.1. The van der Waals surface area contributed by atoms with Crippen molar-refractivity contribution < 1.29 is 19.5 Å². The lowest BCUT2D eigenvalue weighted by molar-refractivity contribution is -0.122. The number of carboxylic acid groups (broad SMARTS) is 1. The van der Waals surface area contributed by atoms with E-state index in [1.165, 1.54) is 0 Å². The zero-order valence-electron chi connectivity index (χ0n) is 19.4. The molecule has 0 aliphatic carbocycles. The van der Waals surface area contributed by atoms with Crippen LogP contribution in [0.1, 0.15) is 20.7 Å². The fraction of sp³-hybridized carbons (Fsp3) is 0.375. The Hall–Kier alpha value is -3.14. The van der Waals surface area contributed by atoms with Crippen molar-refractivity contribution in [3.63, 3.8) is 0 Å². The number of halogens is 1. The summed E-state index contributed by atoms with van der Waals surface area (Å²) in [5, 5.41) is 15.6. The van der Waals surface area contributed by atoms with Crippen LogP contribution in [-0.4, -0.2) is 92.6 Å². The number of carbonyl (C=O) groups excluding carboxylic acids is 2. The van der Waals surface area contributed by atoms with Crippen molar-refractivity contribution in [3.8, 4) is 0 Å². The number of nitrogens with one attached hydrogen (secondary N) is 2. The average molecular weight is 488 g/mol. The summed E-state index contributed by atoms with van der Waals surface area (Å²) >= 11 is 6.08. The summed E-state index contributed by atoms with van der Waals surface area (Å²) in [6, 6.07) is 11.5. The summed E-state index contributed by atoms with van der Waals surface area (Å²) in [6.45, 7) is 4.45. The van der Waals surface area contributed by atoms with E-state index >= 15 is 0 Å². The Kier molecular flexibility index (Phi) is 8.86. The third-order valence-corrected chi connectivity index (χ3v) is 5.92. The largest absolute Gasteiger partial charge is 0.478 e. The number of aromatic carboxylic acids is 1. The highest BCUT2D eigenvalue weighted by Crippen LogP contribution is 2.26. The molecular formula is C24H30ClN5O4. The Morgan fingerprint density at radius 1 is 1.03 bits per heavy atom. The van der Waals surface area contributed by atoms with Crippen LogP contribution in [0.2, 0.25) is 5.02 Å². The molecular weight excluding hydrogens is 458 g/mol. The molecule has 34 heavy (non-hydrogen) atoms. The zero-order valence-corrected chi connectivity index (χ0v) is 20.1. The van der Waals surface area contributed by atoms with E-state index < -0.39 is 11.9 Å². The van der Waals surface area contributed by atoms with E-state index in [0.29, 0.717) is 39.3 Å². The number of nitrogens with zero attached hydrogens (tertiary/aromatic N) is 3. The zero-order chi connectivity index (χ0) is 24.7. The molecule has 1 saturated heterocycles. The summed E-state index contributed by atoms with van der Waals surface area (Å²) in [5.74, 6) is -1.61. The van der Waals surface area contributed by atoms with Crippen molar-refractivity contribution in [2.45, 2.75) is 0 Å². The Bertz CT molecular complexity index is 1040. The van der Waals surface area contributed by atoms with Crippen molar-refractivity contribution in [3.05, 3.63) is 58.6 Å². The molecule has 0 spiro atoms. The number of likely N-dealkylation sites (N-methyl/N-ethyl adjacent to an activating group) is 1. The lowest BCUT2D eigenvalue weighted by Gasteiger charge is -2.36. The molecule has 2 aromatic carbocycles. The van der Waals surface area contributed by atoms with Gasteiger partial charge in [0.05, 0.1) is 28.4 Å². The first-order valence-corrected chi connectivity index (χ1v) is 11.4. The maximum atomic E-state index is 12.6. The number of hydrogen-bond acceptors (Lipinski definition) is 6. The molecule has 3 N–H and O–H groups in total. The van der Waals surface area contributed by atoms with Gasteiger partial charge in [-0.05, 0) is 44.4 Å². The van der Waals surface area contributed by atoms with Gasteiger partial charge >= 0.3 is 5.97 Å². The monoisotopic (exact) mass is 487 g/mol. The molecule has 0 saturated carbocycles. The van der Waals surface area contributed by atoms with E-state index in [1.54, 1.807) is 42.5 Å². The van der Waals surface area contributed by atoms with Gasteiger partial charge in [-0.3, -0.25) is 14.5 Å². The molecule has 9 nitrogen and oxygen atoms in total. The fourth-order valence-corrected chi connectivity index (χ4v) is 3.91. The summed E-state index contributed by atoms with van der Waals surface area (Å²) < 4.78 is 0. The number of carboxylic acids is 1. The number of amides is 2. The maximum Gasteiger partial charge on any atom is 0.337 e. The molecule has 2 aromatic rings. The van der Waals surface area contributed by atoms with Gasteiger partial charge in [0, 0.05) is 45.0 Å². The van der Waals surface area contributed by atoms with E-state index in [1.807, 2.05) is 19.0 Å². The Labute approximate surface area is 204 Å². The van der Waals surface area contributed by atoms with Gasteiger partial charge in [0.2, 0.25) is 5.91 Å². The van der Waals surface area contributed by atoms with Crippen LogP contribution < -0.4 is 15.5 Å². The predicted molar refractivity (Wildman–Crippen MR) is 133 cm³/mol. The molecule has 0 radical (unpaired) electrons. The SMILES string of the molecule is CN(C)CCNC(=O)CN1CCN(c2ccc(NC(=O)c3ccccc3Cl)c(C(=O)O)c2)CC1. The van der Waals surface area contributed by atoms with Crippen molar-refractivity contribution >= 4 is 40.8 Å². The smallest absolute Gasteiger partial charge is 0.337 e. The summed E-state index contributed by atoms with van der Waals surface area (Å²) in [6.07, 6.45) is 0. The van der Waals surface area contributed by atoms with Crippen LogP contribution in [0.15, 0.2) is 42.5 Å². The number of piperazine rings is 1. The minimum atomic E-state index is -1.13. The van der Waals surface area contributed by atoms with E-state index in [0.717, 1.165) is 12.2 Å². The van der Waals surface area contributed by atoms with Crippen molar-refractivity contribution in [1.29, 1.82) is 0 Å². The van der Waals surface area contributed by atoms with E-state index in [4.69, 9.17) is 11.6 Å². The molecule has 182 valence electrons. The van der Waals surface area contributed by atoms with Crippen molar-refractivity contribution in [2.75, 3.05) is 70.1 Å². The van der Waals surface area contributed by atoms with Gasteiger partial charge in [0.15, 0.2) is 0 Å². The highest BCUT2D eigenvalue weighted by Gasteiger charge is 2.22. The molecule has 0 bridgehead atoms. The molecule has 1 aliphatic rings. The van der Waals surface area contributed by atoms with Crippen LogP contribution in [-0.2, 0) is 4.79 Å². The van der Waals surface area contributed by atoms with Crippen LogP contribution in [0.4, 0.5) is 11.4 Å². The second-order valence-electron chi connectivity index (χ2n) is 8.39. The standard InChI is InChI=1S/C24H30ClN5O4/c1-28(2)10-9-26-22(31)16-29-11-13-30(14-12-29)17-7-8-21(19(15-17)24(33)34)27-23(32)18-5-3-4-6-20(18)25/h3-8,15H,9-14,16H2,1-2H3,(H,26,31)(H,27,32)(H,33,34). The minimum absolute atomic E-state index is 0.000558. The third kappa shape index (κ3) is 6.93. The second-order valence-corrected chi connectivity index (χ2v) is 8.79. The first-order chi connectivity index (χ1) is 16.2. The molecule has 10 heteroatoms. The van der Waals surface area contributed by atoms with Gasteiger partial charge in [0.1, 0.15) is 0 Å². The van der Waals surface area contributed by atoms with Gasteiger partial charge in [-0.25, -0.2) is 4.79 Å². The first kappa shape index (κ1) is 25.5. The van der Waals surface area contributed by atoms with Gasteiger partial charge in [-0.2, -0.15) is 0 Å². The Balaban J connectivity index is 1.60. The number of benzene rings is 2. The van der Waals surface area contributed by atoms with E-state index in [9.17, 15) is 19.5 Å². The van der Waals surface area contributed by atoms with Gasteiger partial charge in [0.25, 0.3) is 5.91 Å². The van der Waals surface area contributed by atoms with Crippen LogP contribution in [0, 0.1) is 0 Å². The number of carbonyl (C=O) groups is 3. The third-order valence-electron chi connectivity index (χ3n) is 5.59. The van der Waals surface area contributed by atoms with Gasteiger partial charge < -0.3 is 25.5 Å². The van der Waals surface area contributed by atoms with Crippen molar-refractivity contribution in [2.24, 2.45) is 0 Å². The summed E-state index contributed by atoms with van der Waals surface area (Å²) in [5.41, 5.74) is 1.23. The molecule has 1 aliphatic heterocycles. The molecule has 0 atom stereocenters. The average Bonchev–Trinajstić information content (AvgIpc) is 2.79. The Morgan fingerprint density at radius 3 is 2.38 bits per heavy atom. The summed E-state index contributed by atoms with van der Waals surface area (Å²) in [4.78, 5) is 42.8. The molecule has 0 unspecified atom stereocenters. The normalized spacial score (nSPS) is 14.2. The first-order valence-electron chi connectivity index (χ1n) is 11.1. The highest BCUT2D eigenvalue weighted by atomic mass is 35.5. The number of anilines is 2. The van der Waals surface area contributed by atoms with Gasteiger partial charge in [-0.15, -0.1) is 0 Å². The van der Waals surface area contributed by atoms with Crippen LogP contribution in [0.3, 0.4) is 0 Å². The quantitative estimate of drug-likeness (QED) is 0.497. The molecule has 3 rings (SSSR count). The number of rotatable bonds is 9. The van der Waals surface area contributed by atoms with Crippen molar-refractivity contribution in [1.82, 2.24) is 15.1 Å². The molecule has 0 aromatic heterocycles. The highest BCUT2D eigenvalue weighted by molar-refractivity contribution is 6.34. The Morgan fingerprint density at radius 2 is 1.74 bits per heavy atom. The lowest BCUT2D eigenvalue weighted by Crippen LogP contribution is -2.50. The fourth-order valence-electron chi connectivity index (χ4n) is 3.69. The minimum Gasteiger partial charge on any atom is -0.478 e. The number of hydrogen-bond donors (Lipinski definition) is 3.